The molecule has 0 aliphatic rings. The maximum Gasteiger partial charge on any atom is 0.345 e. The Kier molecular flexibility index (Phi) is 2.38. The van der Waals surface area contributed by atoms with Crippen molar-refractivity contribution in [2.45, 2.75) is 6.92 Å². The molecule has 96 valence electrons. The number of benzene rings is 1. The third kappa shape index (κ3) is 1.46. The molecule has 1 aromatic carbocycles. The lowest BCUT2D eigenvalue weighted by Gasteiger charge is -1.95. The topological polar surface area (TPSA) is 69.3 Å². The number of hydrogen-bond acceptors (Lipinski definition) is 4. The first-order valence-corrected chi connectivity index (χ1v) is 5.81. The molecule has 6 nitrogen and oxygen atoms in total. The van der Waals surface area contributed by atoms with Gasteiger partial charge in [-0.3, -0.25) is 9.59 Å². The average Bonchev–Trinajstić information content (AvgIpc) is 2.88. The summed E-state index contributed by atoms with van der Waals surface area (Å²) in [6.07, 6.45) is 1.22. The Morgan fingerprint density at radius 1 is 1.21 bits per heavy atom. The van der Waals surface area contributed by atoms with Gasteiger partial charge in [0.1, 0.15) is 5.56 Å². The molecule has 0 aliphatic carbocycles. The van der Waals surface area contributed by atoms with Crippen molar-refractivity contribution < 1.29 is 9.53 Å². The fourth-order valence-corrected chi connectivity index (χ4v) is 2.13. The molecule has 0 bridgehead atoms. The van der Waals surface area contributed by atoms with Crippen LogP contribution in [0.3, 0.4) is 0 Å². The van der Waals surface area contributed by atoms with Crippen LogP contribution < -0.4 is 11.1 Å². The minimum absolute atomic E-state index is 0.135. The zero-order chi connectivity index (χ0) is 13.6. The summed E-state index contributed by atoms with van der Waals surface area (Å²) in [5.41, 5.74) is -0.530. The predicted molar refractivity (Wildman–Crippen MR) is 68.0 cm³/mol. The van der Waals surface area contributed by atoms with Crippen LogP contribution in [0, 0.1) is 0 Å². The molecule has 3 aromatic rings. The summed E-state index contributed by atoms with van der Waals surface area (Å²) in [5, 5.41) is 0.440. The van der Waals surface area contributed by atoms with Gasteiger partial charge in [0.05, 0.1) is 23.7 Å². The molecule has 0 amide bonds. The van der Waals surface area contributed by atoms with Crippen LogP contribution in [-0.4, -0.2) is 21.6 Å². The number of carbonyl (C=O) groups excluding carboxylic acids is 1. The summed E-state index contributed by atoms with van der Waals surface area (Å²) < 4.78 is 7.11. The van der Waals surface area contributed by atoms with E-state index in [0.29, 0.717) is 10.9 Å². The van der Waals surface area contributed by atoms with Gasteiger partial charge in [-0.05, 0) is 19.1 Å². The van der Waals surface area contributed by atoms with E-state index in [1.807, 2.05) is 0 Å². The molecule has 0 radical (unpaired) electrons. The Hall–Kier alpha value is -2.63. The summed E-state index contributed by atoms with van der Waals surface area (Å²) in [5.74, 6) is -0.716. The van der Waals surface area contributed by atoms with E-state index in [0.717, 1.165) is 4.52 Å². The fraction of sp³-hybridized carbons (Fsp3) is 0.154. The fourth-order valence-electron chi connectivity index (χ4n) is 2.13. The zero-order valence-corrected chi connectivity index (χ0v) is 10.1. The van der Waals surface area contributed by atoms with E-state index in [9.17, 15) is 14.4 Å². The second-order valence-electron chi connectivity index (χ2n) is 4.05. The predicted octanol–water partition coefficient (Wildman–Crippen LogP) is 0.527. The number of hydrogen-bond donors (Lipinski definition) is 0. The Bertz CT molecular complexity index is 891. The van der Waals surface area contributed by atoms with E-state index in [1.54, 1.807) is 31.2 Å². The molecule has 19 heavy (non-hydrogen) atoms. The highest BCUT2D eigenvalue weighted by molar-refractivity contribution is 5.89. The summed E-state index contributed by atoms with van der Waals surface area (Å²) in [6, 6.07) is 6.75. The van der Waals surface area contributed by atoms with Gasteiger partial charge in [0.2, 0.25) is 0 Å². The van der Waals surface area contributed by atoms with E-state index in [4.69, 9.17) is 4.74 Å². The summed E-state index contributed by atoms with van der Waals surface area (Å²) in [7, 11) is 0. The van der Waals surface area contributed by atoms with Gasteiger partial charge in [-0.25, -0.2) is 13.8 Å². The molecule has 0 saturated heterocycles. The number of rotatable bonds is 2. The first-order chi connectivity index (χ1) is 9.15. The third-order valence-corrected chi connectivity index (χ3v) is 2.96. The molecule has 0 unspecified atom stereocenters. The average molecular weight is 258 g/mol. The standard InChI is InChI=1S/C13H10N2O4/c1-2-19-13(18)9-7-14-11(16)8-5-3-4-6-10(8)15(14)12(9)17/h3-7H,2H2,1H3. The van der Waals surface area contributed by atoms with Crippen LogP contribution in [0.5, 0.6) is 0 Å². The number of nitrogens with zero attached hydrogens (tertiary/aromatic N) is 2. The van der Waals surface area contributed by atoms with Crippen LogP contribution in [-0.2, 0) is 4.74 Å². The van der Waals surface area contributed by atoms with Crippen molar-refractivity contribution in [1.29, 1.82) is 0 Å². The lowest BCUT2D eigenvalue weighted by atomic mass is 10.2. The van der Waals surface area contributed by atoms with E-state index >= 15 is 0 Å². The van der Waals surface area contributed by atoms with Crippen LogP contribution in [0.15, 0.2) is 40.1 Å². The highest BCUT2D eigenvalue weighted by atomic mass is 16.5. The van der Waals surface area contributed by atoms with E-state index in [1.165, 1.54) is 10.7 Å². The molecule has 6 heteroatoms. The molecule has 0 aliphatic heterocycles. The molecule has 0 saturated carbocycles. The molecule has 0 fully saturated rings. The maximum absolute atomic E-state index is 12.2. The zero-order valence-electron chi connectivity index (χ0n) is 10.1. The Labute approximate surface area is 106 Å². The molecular formula is C13H10N2O4. The smallest absolute Gasteiger partial charge is 0.345 e. The molecule has 0 spiro atoms. The minimum Gasteiger partial charge on any atom is -0.462 e. The molecular weight excluding hydrogens is 248 g/mol. The Morgan fingerprint density at radius 2 is 1.95 bits per heavy atom. The second-order valence-corrected chi connectivity index (χ2v) is 4.05. The SMILES string of the molecule is CCOC(=O)c1cn2c(=O)c3ccccc3n2c1=O. The molecule has 2 aromatic heterocycles. The quantitative estimate of drug-likeness (QED) is 0.629. The number of carbonyl (C=O) groups is 1. The van der Waals surface area contributed by atoms with Gasteiger partial charge < -0.3 is 4.74 Å². The second kappa shape index (κ2) is 3.94. The first-order valence-electron chi connectivity index (χ1n) is 5.81. The van der Waals surface area contributed by atoms with E-state index in [2.05, 4.69) is 0 Å². The van der Waals surface area contributed by atoms with Crippen LogP contribution >= 0.6 is 0 Å². The largest absolute Gasteiger partial charge is 0.462 e. The van der Waals surface area contributed by atoms with Crippen molar-refractivity contribution in [3.63, 3.8) is 0 Å². The third-order valence-electron chi connectivity index (χ3n) is 2.96. The monoisotopic (exact) mass is 258 g/mol. The normalized spacial score (nSPS) is 11.2. The number of esters is 1. The van der Waals surface area contributed by atoms with Crippen molar-refractivity contribution in [1.82, 2.24) is 9.03 Å². The molecule has 0 N–H and O–H groups in total. The van der Waals surface area contributed by atoms with Gasteiger partial charge >= 0.3 is 5.97 Å². The lowest BCUT2D eigenvalue weighted by Crippen LogP contribution is -2.18. The van der Waals surface area contributed by atoms with Crippen LogP contribution in [0.2, 0.25) is 0 Å². The van der Waals surface area contributed by atoms with Gasteiger partial charge in [-0.1, -0.05) is 12.1 Å². The van der Waals surface area contributed by atoms with Crippen LogP contribution in [0.4, 0.5) is 0 Å². The van der Waals surface area contributed by atoms with Crippen LogP contribution in [0.1, 0.15) is 17.3 Å². The molecule has 0 atom stereocenters. The van der Waals surface area contributed by atoms with E-state index in [-0.39, 0.29) is 17.7 Å². The maximum atomic E-state index is 12.2. The van der Waals surface area contributed by atoms with Crippen molar-refractivity contribution in [3.8, 4) is 0 Å². The van der Waals surface area contributed by atoms with Crippen molar-refractivity contribution in [3.05, 3.63) is 56.7 Å². The summed E-state index contributed by atoms with van der Waals surface area (Å²) in [4.78, 5) is 35.9. The number of ether oxygens (including phenoxy) is 1. The lowest BCUT2D eigenvalue weighted by molar-refractivity contribution is 0.0525. The van der Waals surface area contributed by atoms with Crippen molar-refractivity contribution >= 4 is 16.9 Å². The number of fused-ring (bicyclic) bond motifs is 3. The Morgan fingerprint density at radius 3 is 2.68 bits per heavy atom. The van der Waals surface area contributed by atoms with Crippen molar-refractivity contribution in [2.24, 2.45) is 0 Å². The number of aromatic nitrogens is 2. The van der Waals surface area contributed by atoms with Gasteiger partial charge in [-0.2, -0.15) is 0 Å². The van der Waals surface area contributed by atoms with Gasteiger partial charge in [-0.15, -0.1) is 0 Å². The van der Waals surface area contributed by atoms with Gasteiger partial charge in [0, 0.05) is 0 Å². The van der Waals surface area contributed by atoms with E-state index < -0.39 is 11.5 Å². The van der Waals surface area contributed by atoms with Crippen molar-refractivity contribution in [2.75, 3.05) is 6.61 Å². The summed E-state index contributed by atoms with van der Waals surface area (Å²) >= 11 is 0. The highest BCUT2D eigenvalue weighted by Crippen LogP contribution is 2.09. The molecule has 2 heterocycles. The van der Waals surface area contributed by atoms with Gasteiger partial charge in [0.15, 0.2) is 0 Å². The highest BCUT2D eigenvalue weighted by Gasteiger charge is 2.20. The number of para-hydroxylation sites is 1. The minimum atomic E-state index is -0.716. The Balaban J connectivity index is 2.41. The summed E-state index contributed by atoms with van der Waals surface area (Å²) in [6.45, 7) is 1.83. The van der Waals surface area contributed by atoms with Gasteiger partial charge in [0.25, 0.3) is 11.1 Å². The first kappa shape index (κ1) is 11.5. The molecule has 3 rings (SSSR count). The van der Waals surface area contributed by atoms with Crippen LogP contribution in [0.25, 0.3) is 10.9 Å².